The van der Waals surface area contributed by atoms with Gasteiger partial charge in [0.25, 0.3) is 0 Å². The molecule has 4 nitrogen and oxygen atoms in total. The summed E-state index contributed by atoms with van der Waals surface area (Å²) in [6, 6.07) is 5.25. The van der Waals surface area contributed by atoms with Crippen LogP contribution in [0.25, 0.3) is 5.65 Å². The zero-order valence-electron chi connectivity index (χ0n) is 5.64. The van der Waals surface area contributed by atoms with Crippen molar-refractivity contribution in [2.75, 3.05) is 0 Å². The van der Waals surface area contributed by atoms with Gasteiger partial charge in [0.1, 0.15) is 12.0 Å². The monoisotopic (exact) mass is 147 g/mol. The highest BCUT2D eigenvalue weighted by atomic mass is 16.1. The minimum atomic E-state index is 0.514. The smallest absolute Gasteiger partial charge is 0.168 e. The minimum absolute atomic E-state index is 0.514. The van der Waals surface area contributed by atoms with Crippen LogP contribution in [0.1, 0.15) is 10.5 Å². The number of aromatic nitrogens is 3. The number of rotatable bonds is 1. The van der Waals surface area contributed by atoms with Crippen LogP contribution in [0.15, 0.2) is 24.5 Å². The van der Waals surface area contributed by atoms with Gasteiger partial charge in [-0.05, 0) is 12.1 Å². The van der Waals surface area contributed by atoms with Crippen molar-refractivity contribution in [3.8, 4) is 0 Å². The molecule has 0 aliphatic heterocycles. The molecule has 0 aromatic carbocycles. The van der Waals surface area contributed by atoms with E-state index in [0.717, 1.165) is 6.29 Å². The highest BCUT2D eigenvalue weighted by molar-refractivity contribution is 5.73. The molecule has 2 aromatic heterocycles. The zero-order valence-corrected chi connectivity index (χ0v) is 5.64. The summed E-state index contributed by atoms with van der Waals surface area (Å²) in [5.74, 6) is 0. The van der Waals surface area contributed by atoms with Gasteiger partial charge in [-0.15, -0.1) is 0 Å². The van der Waals surface area contributed by atoms with Crippen LogP contribution >= 0.6 is 0 Å². The number of hydrogen-bond acceptors (Lipinski definition) is 3. The molecule has 0 saturated heterocycles. The Labute approximate surface area is 62.5 Å². The first-order chi connectivity index (χ1) is 5.42. The molecule has 0 fully saturated rings. The van der Waals surface area contributed by atoms with E-state index in [1.54, 1.807) is 18.2 Å². The average molecular weight is 147 g/mol. The number of hydrogen-bond donors (Lipinski definition) is 0. The molecule has 0 amide bonds. The van der Waals surface area contributed by atoms with Crippen molar-refractivity contribution in [3.05, 3.63) is 30.2 Å². The van der Waals surface area contributed by atoms with Crippen molar-refractivity contribution in [1.82, 2.24) is 14.6 Å². The fourth-order valence-corrected chi connectivity index (χ4v) is 0.956. The van der Waals surface area contributed by atoms with E-state index in [1.807, 2.05) is 0 Å². The molecule has 0 aliphatic rings. The zero-order chi connectivity index (χ0) is 7.68. The van der Waals surface area contributed by atoms with E-state index >= 15 is 0 Å². The lowest BCUT2D eigenvalue weighted by Gasteiger charge is -1.92. The molecule has 0 bridgehead atoms. The lowest BCUT2D eigenvalue weighted by molar-refractivity contribution is 0.111. The maximum absolute atomic E-state index is 10.4. The fourth-order valence-electron chi connectivity index (χ4n) is 0.956. The Morgan fingerprint density at radius 3 is 3.18 bits per heavy atom. The Balaban J connectivity index is 2.88. The fraction of sp³-hybridized carbons (Fsp3) is 0. The quantitative estimate of drug-likeness (QED) is 0.553. The molecule has 0 unspecified atom stereocenters. The van der Waals surface area contributed by atoms with Gasteiger partial charge in [0, 0.05) is 0 Å². The molecule has 0 radical (unpaired) electrons. The van der Waals surface area contributed by atoms with Crippen molar-refractivity contribution in [2.24, 2.45) is 0 Å². The van der Waals surface area contributed by atoms with E-state index in [0.29, 0.717) is 11.3 Å². The molecule has 0 spiro atoms. The summed E-state index contributed by atoms with van der Waals surface area (Å²) in [7, 11) is 0. The van der Waals surface area contributed by atoms with Gasteiger partial charge in [-0.1, -0.05) is 6.07 Å². The first kappa shape index (κ1) is 6.03. The number of fused-ring (bicyclic) bond motifs is 1. The third-order valence-electron chi connectivity index (χ3n) is 1.45. The Hall–Kier alpha value is -1.71. The first-order valence-electron chi connectivity index (χ1n) is 3.16. The summed E-state index contributed by atoms with van der Waals surface area (Å²) >= 11 is 0. The minimum Gasteiger partial charge on any atom is -0.296 e. The van der Waals surface area contributed by atoms with Gasteiger partial charge in [-0.2, -0.15) is 5.10 Å². The molecule has 2 aromatic rings. The Kier molecular flexibility index (Phi) is 1.18. The molecule has 0 atom stereocenters. The maximum atomic E-state index is 10.4. The first-order valence-corrected chi connectivity index (χ1v) is 3.16. The van der Waals surface area contributed by atoms with E-state index < -0.39 is 0 Å². The van der Waals surface area contributed by atoms with Crippen molar-refractivity contribution in [2.45, 2.75) is 0 Å². The number of nitrogens with zero attached hydrogens (tertiary/aromatic N) is 3. The number of pyridine rings is 1. The summed E-state index contributed by atoms with van der Waals surface area (Å²) in [5, 5.41) is 3.86. The molecular weight excluding hydrogens is 142 g/mol. The van der Waals surface area contributed by atoms with Crippen LogP contribution in [0.2, 0.25) is 0 Å². The third-order valence-corrected chi connectivity index (χ3v) is 1.45. The van der Waals surface area contributed by atoms with Crippen LogP contribution in [0.3, 0.4) is 0 Å². The van der Waals surface area contributed by atoms with Crippen LogP contribution in [0.5, 0.6) is 0 Å². The Bertz CT molecular complexity index is 393. The molecule has 54 valence electrons. The number of carbonyl (C=O) groups excluding carboxylic acids is 1. The highest BCUT2D eigenvalue weighted by Gasteiger charge is 1.97. The largest absolute Gasteiger partial charge is 0.296 e. The SMILES string of the molecule is O=Cc1cccc2ncnn12. The molecular formula is C7H5N3O. The summed E-state index contributed by atoms with van der Waals surface area (Å²) in [6.07, 6.45) is 2.17. The predicted octanol–water partition coefficient (Wildman–Crippen LogP) is 0.542. The molecule has 11 heavy (non-hydrogen) atoms. The topological polar surface area (TPSA) is 47.3 Å². The third kappa shape index (κ3) is 0.797. The maximum Gasteiger partial charge on any atom is 0.168 e. The summed E-state index contributed by atoms with van der Waals surface area (Å²) in [5.41, 5.74) is 1.20. The normalized spacial score (nSPS) is 10.2. The van der Waals surface area contributed by atoms with Crippen LogP contribution in [0, 0.1) is 0 Å². The second-order valence-electron chi connectivity index (χ2n) is 2.10. The van der Waals surface area contributed by atoms with Crippen molar-refractivity contribution < 1.29 is 4.79 Å². The van der Waals surface area contributed by atoms with E-state index in [-0.39, 0.29) is 0 Å². The van der Waals surface area contributed by atoms with Gasteiger partial charge in [-0.3, -0.25) is 4.79 Å². The highest BCUT2D eigenvalue weighted by Crippen LogP contribution is 1.99. The number of aldehydes is 1. The standard InChI is InChI=1S/C7H5N3O/c11-4-6-2-1-3-7-8-5-9-10(6)7/h1-5H. The molecule has 4 heteroatoms. The lowest BCUT2D eigenvalue weighted by Crippen LogP contribution is -1.95. The summed E-state index contributed by atoms with van der Waals surface area (Å²) in [4.78, 5) is 14.4. The molecule has 0 aliphatic carbocycles. The molecule has 2 rings (SSSR count). The van der Waals surface area contributed by atoms with E-state index in [2.05, 4.69) is 10.1 Å². The summed E-state index contributed by atoms with van der Waals surface area (Å²) < 4.78 is 1.49. The van der Waals surface area contributed by atoms with Gasteiger partial charge < -0.3 is 0 Å². The van der Waals surface area contributed by atoms with Crippen LogP contribution in [-0.2, 0) is 0 Å². The van der Waals surface area contributed by atoms with E-state index in [4.69, 9.17) is 0 Å². The Morgan fingerprint density at radius 1 is 1.45 bits per heavy atom. The van der Waals surface area contributed by atoms with Gasteiger partial charge in [-0.25, -0.2) is 9.50 Å². The average Bonchev–Trinajstić information content (AvgIpc) is 2.50. The van der Waals surface area contributed by atoms with Crippen LogP contribution < -0.4 is 0 Å². The van der Waals surface area contributed by atoms with Gasteiger partial charge in [0.15, 0.2) is 11.9 Å². The van der Waals surface area contributed by atoms with Crippen molar-refractivity contribution >= 4 is 11.9 Å². The lowest BCUT2D eigenvalue weighted by atomic mass is 10.4. The van der Waals surface area contributed by atoms with E-state index in [9.17, 15) is 4.79 Å². The Morgan fingerprint density at radius 2 is 2.36 bits per heavy atom. The molecule has 0 N–H and O–H groups in total. The predicted molar refractivity (Wildman–Crippen MR) is 38.4 cm³/mol. The van der Waals surface area contributed by atoms with Gasteiger partial charge in [0.2, 0.25) is 0 Å². The van der Waals surface area contributed by atoms with Crippen LogP contribution in [0.4, 0.5) is 0 Å². The second kappa shape index (κ2) is 2.16. The van der Waals surface area contributed by atoms with Crippen molar-refractivity contribution in [3.63, 3.8) is 0 Å². The van der Waals surface area contributed by atoms with E-state index in [1.165, 1.54) is 10.8 Å². The van der Waals surface area contributed by atoms with Crippen molar-refractivity contribution in [1.29, 1.82) is 0 Å². The second-order valence-corrected chi connectivity index (χ2v) is 2.10. The molecule has 2 heterocycles. The number of carbonyl (C=O) groups is 1. The van der Waals surface area contributed by atoms with Gasteiger partial charge in [0.05, 0.1) is 0 Å². The van der Waals surface area contributed by atoms with Crippen LogP contribution in [-0.4, -0.2) is 20.9 Å². The summed E-state index contributed by atoms with van der Waals surface area (Å²) in [6.45, 7) is 0. The molecule has 0 saturated carbocycles. The van der Waals surface area contributed by atoms with Gasteiger partial charge >= 0.3 is 0 Å².